The molecule has 0 aliphatic heterocycles. The number of nitrogens with two attached hydrogens (primary N) is 1. The van der Waals surface area contributed by atoms with E-state index < -0.39 is 6.09 Å². The van der Waals surface area contributed by atoms with Crippen molar-refractivity contribution in [2.24, 2.45) is 5.73 Å². The van der Waals surface area contributed by atoms with Crippen LogP contribution < -0.4 is 5.73 Å². The third-order valence-electron chi connectivity index (χ3n) is 0.987. The lowest BCUT2D eigenvalue weighted by Crippen LogP contribution is -2.35. The van der Waals surface area contributed by atoms with Crippen LogP contribution in [-0.2, 0) is 4.74 Å². The molecule has 0 rings (SSSR count). The fourth-order valence-corrected chi connectivity index (χ4v) is 0.554. The lowest BCUT2D eigenvalue weighted by atomic mass is 10.5. The Morgan fingerprint density at radius 3 is 2.64 bits per heavy atom. The molecule has 1 amide bonds. The van der Waals surface area contributed by atoms with Crippen LogP contribution in [-0.4, -0.2) is 37.0 Å². The summed E-state index contributed by atoms with van der Waals surface area (Å²) in [6.45, 7) is 2.17. The third-order valence-corrected chi connectivity index (χ3v) is 0.987. The predicted molar refractivity (Wildman–Crippen MR) is 41.6 cm³/mol. The zero-order chi connectivity index (χ0) is 8.85. The number of rotatable bonds is 3. The first-order valence-corrected chi connectivity index (χ1v) is 3.28. The summed E-state index contributed by atoms with van der Waals surface area (Å²) in [5.41, 5.74) is 5.06. The molecule has 0 saturated carbocycles. The van der Waals surface area contributed by atoms with Crippen molar-refractivity contribution in [1.82, 2.24) is 4.90 Å². The van der Waals surface area contributed by atoms with E-state index in [0.29, 0.717) is 6.61 Å². The Labute approximate surface area is 65.6 Å². The van der Waals surface area contributed by atoms with Gasteiger partial charge in [0.15, 0.2) is 0 Å². The summed E-state index contributed by atoms with van der Waals surface area (Å²) in [5.74, 6) is -0.0550. The molecule has 0 aromatic rings. The molecule has 0 bridgehead atoms. The van der Waals surface area contributed by atoms with Gasteiger partial charge in [0.25, 0.3) is 0 Å². The van der Waals surface area contributed by atoms with Gasteiger partial charge in [0, 0.05) is 7.05 Å². The Kier molecular flexibility index (Phi) is 4.02. The van der Waals surface area contributed by atoms with Crippen molar-refractivity contribution < 1.29 is 9.53 Å². The second-order valence-electron chi connectivity index (χ2n) is 2.08. The van der Waals surface area contributed by atoms with E-state index in [0.717, 1.165) is 0 Å². The van der Waals surface area contributed by atoms with Crippen molar-refractivity contribution >= 4 is 11.9 Å². The van der Waals surface area contributed by atoms with E-state index in [9.17, 15) is 4.79 Å². The average molecular weight is 159 g/mol. The van der Waals surface area contributed by atoms with E-state index in [1.54, 1.807) is 6.92 Å². The minimum absolute atomic E-state index is 0.0550. The molecule has 0 spiro atoms. The van der Waals surface area contributed by atoms with Gasteiger partial charge in [-0.15, -0.1) is 0 Å². The second-order valence-corrected chi connectivity index (χ2v) is 2.08. The molecular formula is C6H13N3O2. The van der Waals surface area contributed by atoms with Crippen LogP contribution in [0, 0.1) is 5.41 Å². The van der Waals surface area contributed by atoms with Crippen molar-refractivity contribution in [2.45, 2.75) is 6.92 Å². The maximum atomic E-state index is 10.8. The molecule has 3 N–H and O–H groups in total. The number of nitrogens with one attached hydrogen (secondary N) is 1. The predicted octanol–water partition coefficient (Wildman–Crippen LogP) is 0.0107. The molecule has 0 unspecified atom stereocenters. The van der Waals surface area contributed by atoms with E-state index >= 15 is 0 Å². The SMILES string of the molecule is CCOC(=O)N(C)CC(=N)N. The molecule has 0 heterocycles. The highest BCUT2D eigenvalue weighted by molar-refractivity contribution is 5.82. The van der Waals surface area contributed by atoms with Gasteiger partial charge in [0.2, 0.25) is 0 Å². The number of hydrogen-bond donors (Lipinski definition) is 2. The number of amides is 1. The first kappa shape index (κ1) is 9.74. The van der Waals surface area contributed by atoms with Gasteiger partial charge < -0.3 is 15.4 Å². The summed E-state index contributed by atoms with van der Waals surface area (Å²) in [5, 5.41) is 6.88. The average Bonchev–Trinajstić information content (AvgIpc) is 1.86. The number of amidine groups is 1. The van der Waals surface area contributed by atoms with Gasteiger partial charge in [0.05, 0.1) is 13.2 Å². The topological polar surface area (TPSA) is 79.4 Å². The summed E-state index contributed by atoms with van der Waals surface area (Å²) in [7, 11) is 1.53. The monoisotopic (exact) mass is 159 g/mol. The molecule has 0 aliphatic rings. The van der Waals surface area contributed by atoms with Crippen molar-refractivity contribution in [3.8, 4) is 0 Å². The number of likely N-dealkylation sites (N-methyl/N-ethyl adjacent to an activating group) is 1. The van der Waals surface area contributed by atoms with Crippen molar-refractivity contribution in [3.63, 3.8) is 0 Å². The molecule has 0 aliphatic carbocycles. The quantitative estimate of drug-likeness (QED) is 0.449. The maximum absolute atomic E-state index is 10.8. The first-order valence-electron chi connectivity index (χ1n) is 3.28. The van der Waals surface area contributed by atoms with Crippen molar-refractivity contribution in [1.29, 1.82) is 5.41 Å². The molecule has 0 aromatic heterocycles. The largest absolute Gasteiger partial charge is 0.450 e. The zero-order valence-electron chi connectivity index (χ0n) is 6.76. The lowest BCUT2D eigenvalue weighted by molar-refractivity contribution is 0.121. The summed E-state index contributed by atoms with van der Waals surface area (Å²) in [6.07, 6.45) is -0.456. The Morgan fingerprint density at radius 2 is 2.27 bits per heavy atom. The number of ether oxygens (including phenoxy) is 1. The summed E-state index contributed by atoms with van der Waals surface area (Å²) in [6, 6.07) is 0. The van der Waals surface area contributed by atoms with Gasteiger partial charge in [-0.05, 0) is 6.92 Å². The normalized spacial score (nSPS) is 8.91. The van der Waals surface area contributed by atoms with Crippen LogP contribution in [0.3, 0.4) is 0 Å². The third kappa shape index (κ3) is 4.19. The zero-order valence-corrected chi connectivity index (χ0v) is 6.76. The summed E-state index contributed by atoms with van der Waals surface area (Å²) < 4.78 is 4.64. The number of nitrogens with zero attached hydrogens (tertiary/aromatic N) is 1. The number of hydrogen-bond acceptors (Lipinski definition) is 3. The molecule has 5 heteroatoms. The minimum atomic E-state index is -0.456. The van der Waals surface area contributed by atoms with Crippen molar-refractivity contribution in [3.05, 3.63) is 0 Å². The van der Waals surface area contributed by atoms with Crippen LogP contribution >= 0.6 is 0 Å². The molecule has 11 heavy (non-hydrogen) atoms. The molecule has 0 atom stereocenters. The molecule has 0 saturated heterocycles. The highest BCUT2D eigenvalue weighted by Gasteiger charge is 2.08. The standard InChI is InChI=1S/C6H13N3O2/c1-3-11-6(10)9(2)4-5(7)8/h3-4H2,1-2H3,(H3,7,8). The first-order chi connectivity index (χ1) is 5.07. The number of carbonyl (C=O) groups excluding carboxylic acids is 1. The Hall–Kier alpha value is -1.26. The smallest absolute Gasteiger partial charge is 0.409 e. The molecule has 0 fully saturated rings. The van der Waals surface area contributed by atoms with Gasteiger partial charge in [-0.1, -0.05) is 0 Å². The van der Waals surface area contributed by atoms with Crippen LogP contribution in [0.25, 0.3) is 0 Å². The van der Waals surface area contributed by atoms with E-state index in [1.807, 2.05) is 0 Å². The Balaban J connectivity index is 3.73. The molecule has 0 radical (unpaired) electrons. The lowest BCUT2D eigenvalue weighted by Gasteiger charge is -2.14. The minimum Gasteiger partial charge on any atom is -0.450 e. The van der Waals surface area contributed by atoms with Gasteiger partial charge in [0.1, 0.15) is 5.84 Å². The van der Waals surface area contributed by atoms with Crippen LogP contribution in [0.1, 0.15) is 6.92 Å². The van der Waals surface area contributed by atoms with Crippen LogP contribution in [0.4, 0.5) is 4.79 Å². The molecular weight excluding hydrogens is 146 g/mol. The maximum Gasteiger partial charge on any atom is 0.409 e. The summed E-state index contributed by atoms with van der Waals surface area (Å²) >= 11 is 0. The van der Waals surface area contributed by atoms with E-state index in [4.69, 9.17) is 11.1 Å². The van der Waals surface area contributed by atoms with Gasteiger partial charge in [-0.2, -0.15) is 0 Å². The van der Waals surface area contributed by atoms with E-state index in [1.165, 1.54) is 11.9 Å². The second kappa shape index (κ2) is 4.54. The van der Waals surface area contributed by atoms with Gasteiger partial charge in [-0.25, -0.2) is 4.79 Å². The highest BCUT2D eigenvalue weighted by atomic mass is 16.5. The molecule has 64 valence electrons. The fourth-order valence-electron chi connectivity index (χ4n) is 0.554. The van der Waals surface area contributed by atoms with Crippen LogP contribution in [0.15, 0.2) is 0 Å². The highest BCUT2D eigenvalue weighted by Crippen LogP contribution is 1.88. The van der Waals surface area contributed by atoms with Crippen molar-refractivity contribution in [2.75, 3.05) is 20.2 Å². The number of carbonyl (C=O) groups is 1. The van der Waals surface area contributed by atoms with Crippen LogP contribution in [0.2, 0.25) is 0 Å². The summed E-state index contributed by atoms with van der Waals surface area (Å²) in [4.78, 5) is 12.1. The molecule has 0 aromatic carbocycles. The molecule has 5 nitrogen and oxygen atoms in total. The Bertz CT molecular complexity index is 158. The van der Waals surface area contributed by atoms with Gasteiger partial charge >= 0.3 is 6.09 Å². The van der Waals surface area contributed by atoms with Gasteiger partial charge in [-0.3, -0.25) is 5.41 Å². The van der Waals surface area contributed by atoms with Crippen LogP contribution in [0.5, 0.6) is 0 Å². The fraction of sp³-hybridized carbons (Fsp3) is 0.667. The van der Waals surface area contributed by atoms with E-state index in [2.05, 4.69) is 4.74 Å². The van der Waals surface area contributed by atoms with E-state index in [-0.39, 0.29) is 12.4 Å². The Morgan fingerprint density at radius 1 is 1.73 bits per heavy atom.